The first-order valence-electron chi connectivity index (χ1n) is 4.24. The first-order chi connectivity index (χ1) is 7.59. The van der Waals surface area contributed by atoms with Crippen molar-refractivity contribution in [1.82, 2.24) is 0 Å². The van der Waals surface area contributed by atoms with E-state index in [1.807, 2.05) is 0 Å². The molecule has 84 valence electrons. The minimum atomic E-state index is -0.983. The van der Waals surface area contributed by atoms with Gasteiger partial charge in [0.1, 0.15) is 16.8 Å². The molecule has 0 fully saturated rings. The fourth-order valence-corrected chi connectivity index (χ4v) is 2.80. The van der Waals surface area contributed by atoms with Crippen molar-refractivity contribution in [2.24, 2.45) is 0 Å². The largest absolute Gasteiger partial charge is 0.433 e. The predicted octanol–water partition coefficient (Wildman–Crippen LogP) is 3.09. The maximum atomic E-state index is 10.4. The number of nitrogens with zero attached hydrogens (tertiary/aromatic N) is 1. The van der Waals surface area contributed by atoms with E-state index >= 15 is 0 Å². The first-order valence-corrected chi connectivity index (χ1v) is 5.92. The third-order valence-electron chi connectivity index (χ3n) is 1.96. The summed E-state index contributed by atoms with van der Waals surface area (Å²) in [4.78, 5) is 10.4. The number of aliphatic hydroxyl groups excluding tert-OH is 1. The molecule has 1 atom stereocenters. The summed E-state index contributed by atoms with van der Waals surface area (Å²) in [5.74, 6) is -0.212. The van der Waals surface area contributed by atoms with Crippen LogP contribution < -0.4 is 0 Å². The van der Waals surface area contributed by atoms with E-state index in [-0.39, 0.29) is 11.6 Å². The summed E-state index contributed by atoms with van der Waals surface area (Å²) in [5, 5.41) is 22.1. The zero-order chi connectivity index (χ0) is 11.7. The van der Waals surface area contributed by atoms with Crippen LogP contribution in [0.5, 0.6) is 0 Å². The van der Waals surface area contributed by atoms with Crippen molar-refractivity contribution < 1.29 is 14.4 Å². The van der Waals surface area contributed by atoms with Gasteiger partial charge in [0.05, 0.1) is 10.9 Å². The molecule has 2 aromatic heterocycles. The first kappa shape index (κ1) is 11.3. The molecule has 0 bridgehead atoms. The second-order valence-corrected chi connectivity index (χ2v) is 4.77. The highest BCUT2D eigenvalue weighted by molar-refractivity contribution is 9.10. The molecule has 0 aliphatic heterocycles. The van der Waals surface area contributed by atoms with E-state index in [0.717, 1.165) is 4.47 Å². The predicted molar refractivity (Wildman–Crippen MR) is 61.4 cm³/mol. The average Bonchev–Trinajstić information content (AvgIpc) is 2.84. The number of hydrogen-bond acceptors (Lipinski definition) is 5. The van der Waals surface area contributed by atoms with E-state index in [0.29, 0.717) is 4.88 Å². The second kappa shape index (κ2) is 4.36. The molecule has 0 aliphatic carbocycles. The summed E-state index contributed by atoms with van der Waals surface area (Å²) < 4.78 is 5.68. The minimum Gasteiger partial charge on any atom is -0.403 e. The Kier molecular flexibility index (Phi) is 3.08. The molecule has 5 nitrogen and oxygen atoms in total. The number of nitro groups is 1. The lowest BCUT2D eigenvalue weighted by Crippen LogP contribution is -1.95. The number of furan rings is 1. The van der Waals surface area contributed by atoms with E-state index in [2.05, 4.69) is 15.9 Å². The van der Waals surface area contributed by atoms with Crippen LogP contribution in [0.3, 0.4) is 0 Å². The van der Waals surface area contributed by atoms with E-state index in [4.69, 9.17) is 4.42 Å². The summed E-state index contributed by atoms with van der Waals surface area (Å²) in [6.45, 7) is 0. The zero-order valence-corrected chi connectivity index (χ0v) is 10.2. The van der Waals surface area contributed by atoms with Crippen molar-refractivity contribution in [2.45, 2.75) is 6.10 Å². The molecular formula is C9H6BrNO4S. The number of hydrogen-bond donors (Lipinski definition) is 1. The lowest BCUT2D eigenvalue weighted by atomic mass is 10.2. The van der Waals surface area contributed by atoms with Crippen molar-refractivity contribution in [1.29, 1.82) is 0 Å². The van der Waals surface area contributed by atoms with Crippen LogP contribution in [-0.2, 0) is 0 Å². The van der Waals surface area contributed by atoms with Crippen molar-refractivity contribution in [2.75, 3.05) is 0 Å². The minimum absolute atomic E-state index is 0.162. The molecule has 0 aliphatic rings. The van der Waals surface area contributed by atoms with Gasteiger partial charge in [-0.05, 0) is 33.4 Å². The number of thiophene rings is 1. The standard InChI is InChI=1S/C9H6BrNO4S/c10-5-3-4-16-9(5)8(12)6-1-2-7(15-6)11(13)14/h1-4,8,12H. The summed E-state index contributed by atoms with van der Waals surface area (Å²) in [6.07, 6.45) is -0.983. The van der Waals surface area contributed by atoms with E-state index in [1.165, 1.54) is 23.5 Å². The zero-order valence-electron chi connectivity index (χ0n) is 7.79. The van der Waals surface area contributed by atoms with Gasteiger partial charge in [-0.15, -0.1) is 11.3 Å². The monoisotopic (exact) mass is 303 g/mol. The average molecular weight is 304 g/mol. The third kappa shape index (κ3) is 2.01. The van der Waals surface area contributed by atoms with Gasteiger partial charge in [0.15, 0.2) is 0 Å². The summed E-state index contributed by atoms with van der Waals surface area (Å²) in [7, 11) is 0. The van der Waals surface area contributed by atoms with Gasteiger partial charge in [0.2, 0.25) is 0 Å². The van der Waals surface area contributed by atoms with Crippen molar-refractivity contribution in [3.63, 3.8) is 0 Å². The van der Waals surface area contributed by atoms with Gasteiger partial charge in [-0.2, -0.15) is 0 Å². The quantitative estimate of drug-likeness (QED) is 0.698. The van der Waals surface area contributed by atoms with Crippen LogP contribution in [0.25, 0.3) is 0 Å². The molecule has 7 heteroatoms. The molecule has 1 unspecified atom stereocenters. The van der Waals surface area contributed by atoms with Gasteiger partial charge >= 0.3 is 5.88 Å². The Balaban J connectivity index is 2.31. The van der Waals surface area contributed by atoms with Gasteiger partial charge in [0.25, 0.3) is 0 Å². The van der Waals surface area contributed by atoms with Gasteiger partial charge in [-0.3, -0.25) is 10.1 Å². The van der Waals surface area contributed by atoms with Crippen molar-refractivity contribution in [3.05, 3.63) is 48.8 Å². The number of halogens is 1. The molecule has 0 saturated heterocycles. The lowest BCUT2D eigenvalue weighted by molar-refractivity contribution is -0.402. The molecule has 2 aromatic rings. The van der Waals surface area contributed by atoms with Gasteiger partial charge < -0.3 is 9.52 Å². The highest BCUT2D eigenvalue weighted by atomic mass is 79.9. The Bertz CT molecular complexity index is 521. The fraction of sp³-hybridized carbons (Fsp3) is 0.111. The molecule has 0 radical (unpaired) electrons. The highest BCUT2D eigenvalue weighted by Crippen LogP contribution is 2.34. The Hall–Kier alpha value is -1.18. The van der Waals surface area contributed by atoms with Crippen LogP contribution in [0.2, 0.25) is 0 Å². The SMILES string of the molecule is O=[N+]([O-])c1ccc(C(O)c2sccc2Br)o1. The normalized spacial score (nSPS) is 12.6. The number of aliphatic hydroxyl groups is 1. The van der Waals surface area contributed by atoms with Gasteiger partial charge in [0, 0.05) is 4.47 Å². The van der Waals surface area contributed by atoms with Crippen LogP contribution in [0.4, 0.5) is 5.88 Å². The van der Waals surface area contributed by atoms with Crippen molar-refractivity contribution in [3.8, 4) is 0 Å². The molecule has 2 heterocycles. The molecule has 16 heavy (non-hydrogen) atoms. The van der Waals surface area contributed by atoms with Crippen LogP contribution >= 0.6 is 27.3 Å². The van der Waals surface area contributed by atoms with Gasteiger partial charge in [-0.1, -0.05) is 0 Å². The third-order valence-corrected chi connectivity index (χ3v) is 3.88. The fourth-order valence-electron chi connectivity index (χ4n) is 1.22. The molecule has 2 rings (SSSR count). The second-order valence-electron chi connectivity index (χ2n) is 2.97. The van der Waals surface area contributed by atoms with E-state index < -0.39 is 11.0 Å². The molecule has 0 amide bonds. The maximum Gasteiger partial charge on any atom is 0.433 e. The Morgan fingerprint density at radius 2 is 2.25 bits per heavy atom. The molecule has 0 spiro atoms. The smallest absolute Gasteiger partial charge is 0.403 e. The summed E-state index contributed by atoms with van der Waals surface area (Å²) in [5.41, 5.74) is 0. The molecule has 1 N–H and O–H groups in total. The lowest BCUT2D eigenvalue weighted by Gasteiger charge is -2.04. The summed E-state index contributed by atoms with van der Waals surface area (Å²) >= 11 is 4.62. The van der Waals surface area contributed by atoms with Crippen LogP contribution in [-0.4, -0.2) is 10.0 Å². The topological polar surface area (TPSA) is 76.5 Å². The van der Waals surface area contributed by atoms with Crippen LogP contribution in [0.1, 0.15) is 16.7 Å². The Morgan fingerprint density at radius 1 is 1.50 bits per heavy atom. The van der Waals surface area contributed by atoms with Gasteiger partial charge in [-0.25, -0.2) is 0 Å². The van der Waals surface area contributed by atoms with Crippen molar-refractivity contribution >= 4 is 33.2 Å². The number of rotatable bonds is 3. The van der Waals surface area contributed by atoms with E-state index in [9.17, 15) is 15.2 Å². The van der Waals surface area contributed by atoms with Crippen LogP contribution in [0, 0.1) is 10.1 Å². The molecular weight excluding hydrogens is 298 g/mol. The highest BCUT2D eigenvalue weighted by Gasteiger charge is 2.21. The Morgan fingerprint density at radius 3 is 2.75 bits per heavy atom. The maximum absolute atomic E-state index is 10.4. The van der Waals surface area contributed by atoms with Crippen LogP contribution in [0.15, 0.2) is 32.5 Å². The Labute approximate surface area is 103 Å². The molecule has 0 saturated carbocycles. The summed E-state index contributed by atoms with van der Waals surface area (Å²) in [6, 6.07) is 4.41. The molecule has 0 aromatic carbocycles. The van der Waals surface area contributed by atoms with E-state index in [1.54, 1.807) is 11.4 Å².